The van der Waals surface area contributed by atoms with Crippen molar-refractivity contribution in [2.45, 2.75) is 19.4 Å². The number of nitrogens with zero attached hydrogens (tertiary/aromatic N) is 2. The highest BCUT2D eigenvalue weighted by atomic mass is 16.3. The van der Waals surface area contributed by atoms with Crippen LogP contribution in [-0.2, 0) is 0 Å². The van der Waals surface area contributed by atoms with Gasteiger partial charge in [-0.2, -0.15) is 0 Å². The molecule has 4 nitrogen and oxygen atoms in total. The molecule has 0 aliphatic carbocycles. The van der Waals surface area contributed by atoms with Crippen molar-refractivity contribution in [3.8, 4) is 0 Å². The third-order valence-corrected chi connectivity index (χ3v) is 2.42. The Morgan fingerprint density at radius 1 is 1.53 bits per heavy atom. The summed E-state index contributed by atoms with van der Waals surface area (Å²) >= 11 is 0. The van der Waals surface area contributed by atoms with E-state index in [1.165, 1.54) is 0 Å². The zero-order valence-electron chi connectivity index (χ0n) is 8.72. The van der Waals surface area contributed by atoms with Crippen LogP contribution in [0.5, 0.6) is 0 Å². The largest absolute Gasteiger partial charge is 0.391 e. The van der Waals surface area contributed by atoms with Gasteiger partial charge in [-0.15, -0.1) is 0 Å². The number of rotatable bonds is 4. The highest BCUT2D eigenvalue weighted by molar-refractivity contribution is 5.49. The fourth-order valence-corrected chi connectivity index (χ4v) is 1.46. The standard InChI is InChI=1S/C11H15N3O/c1-2-9(15)8-13-11-5-3-4-10-12-6-7-14(10)11/h3-7,9,13,15H,2,8H2,1H3. The molecule has 2 N–H and O–H groups in total. The number of aromatic nitrogens is 2. The number of hydrogen-bond acceptors (Lipinski definition) is 3. The molecule has 0 bridgehead atoms. The van der Waals surface area contributed by atoms with Crippen molar-refractivity contribution < 1.29 is 5.11 Å². The minimum Gasteiger partial charge on any atom is -0.391 e. The lowest BCUT2D eigenvalue weighted by Crippen LogP contribution is -2.19. The summed E-state index contributed by atoms with van der Waals surface area (Å²) in [6.45, 7) is 2.53. The zero-order valence-corrected chi connectivity index (χ0v) is 8.72. The van der Waals surface area contributed by atoms with Gasteiger partial charge < -0.3 is 10.4 Å². The van der Waals surface area contributed by atoms with Gasteiger partial charge in [0, 0.05) is 18.9 Å². The number of aliphatic hydroxyl groups is 1. The molecule has 0 fully saturated rings. The van der Waals surface area contributed by atoms with Crippen LogP contribution < -0.4 is 5.32 Å². The summed E-state index contributed by atoms with van der Waals surface area (Å²) in [6, 6.07) is 5.86. The minimum absolute atomic E-state index is 0.302. The average Bonchev–Trinajstić information content (AvgIpc) is 2.74. The highest BCUT2D eigenvalue weighted by Crippen LogP contribution is 2.10. The van der Waals surface area contributed by atoms with Gasteiger partial charge in [0.15, 0.2) is 0 Å². The molecule has 0 saturated heterocycles. The van der Waals surface area contributed by atoms with Crippen LogP contribution in [0.2, 0.25) is 0 Å². The molecule has 0 aromatic carbocycles. The molecule has 0 amide bonds. The van der Waals surface area contributed by atoms with E-state index in [0.717, 1.165) is 17.9 Å². The summed E-state index contributed by atoms with van der Waals surface area (Å²) in [5, 5.41) is 12.7. The normalized spacial score (nSPS) is 12.9. The predicted octanol–water partition coefficient (Wildman–Crippen LogP) is 1.52. The second kappa shape index (κ2) is 4.31. The van der Waals surface area contributed by atoms with Gasteiger partial charge in [-0.1, -0.05) is 13.0 Å². The maximum absolute atomic E-state index is 9.45. The van der Waals surface area contributed by atoms with Crippen LogP contribution in [0.25, 0.3) is 5.65 Å². The highest BCUT2D eigenvalue weighted by Gasteiger charge is 2.02. The first-order chi connectivity index (χ1) is 7.31. The van der Waals surface area contributed by atoms with E-state index < -0.39 is 0 Å². The van der Waals surface area contributed by atoms with Crippen LogP contribution in [0.15, 0.2) is 30.6 Å². The third-order valence-electron chi connectivity index (χ3n) is 2.42. The number of pyridine rings is 1. The van der Waals surface area contributed by atoms with Gasteiger partial charge in [0.05, 0.1) is 6.10 Å². The van der Waals surface area contributed by atoms with Crippen LogP contribution >= 0.6 is 0 Å². The fraction of sp³-hybridized carbons (Fsp3) is 0.364. The van der Waals surface area contributed by atoms with Crippen molar-refractivity contribution in [1.82, 2.24) is 9.38 Å². The SMILES string of the molecule is CCC(O)CNc1cccc2nccn12. The molecule has 0 saturated carbocycles. The van der Waals surface area contributed by atoms with Crippen molar-refractivity contribution in [3.05, 3.63) is 30.6 Å². The Kier molecular flexibility index (Phi) is 2.87. The predicted molar refractivity (Wildman–Crippen MR) is 60.0 cm³/mol. The molecule has 0 aliphatic heterocycles. The van der Waals surface area contributed by atoms with Gasteiger partial charge in [-0.05, 0) is 18.6 Å². The number of aliphatic hydroxyl groups excluding tert-OH is 1. The summed E-state index contributed by atoms with van der Waals surface area (Å²) in [5.74, 6) is 0.956. The molecule has 0 spiro atoms. The summed E-state index contributed by atoms with van der Waals surface area (Å²) in [4.78, 5) is 4.19. The topological polar surface area (TPSA) is 49.6 Å². The number of hydrogen-bond donors (Lipinski definition) is 2. The second-order valence-corrected chi connectivity index (χ2v) is 3.51. The van der Waals surface area contributed by atoms with E-state index in [1.54, 1.807) is 6.20 Å². The third kappa shape index (κ3) is 2.10. The molecule has 1 unspecified atom stereocenters. The van der Waals surface area contributed by atoms with E-state index in [9.17, 15) is 5.11 Å². The first-order valence-electron chi connectivity index (χ1n) is 5.15. The van der Waals surface area contributed by atoms with Gasteiger partial charge in [0.2, 0.25) is 0 Å². The van der Waals surface area contributed by atoms with Crippen LogP contribution in [0, 0.1) is 0 Å². The van der Waals surface area contributed by atoms with Crippen molar-refractivity contribution in [1.29, 1.82) is 0 Å². The van der Waals surface area contributed by atoms with Crippen molar-refractivity contribution in [2.24, 2.45) is 0 Å². The second-order valence-electron chi connectivity index (χ2n) is 3.51. The number of anilines is 1. The Labute approximate surface area is 88.6 Å². The van der Waals surface area contributed by atoms with Crippen LogP contribution in [0.4, 0.5) is 5.82 Å². The van der Waals surface area contributed by atoms with Crippen molar-refractivity contribution >= 4 is 11.5 Å². The summed E-state index contributed by atoms with van der Waals surface area (Å²) in [7, 11) is 0. The van der Waals surface area contributed by atoms with Gasteiger partial charge >= 0.3 is 0 Å². The van der Waals surface area contributed by atoms with Crippen LogP contribution in [0.3, 0.4) is 0 Å². The van der Waals surface area contributed by atoms with Gasteiger partial charge in [0.1, 0.15) is 11.5 Å². The maximum Gasteiger partial charge on any atom is 0.138 e. The minimum atomic E-state index is -0.302. The van der Waals surface area contributed by atoms with Crippen molar-refractivity contribution in [3.63, 3.8) is 0 Å². The van der Waals surface area contributed by atoms with Crippen LogP contribution in [0.1, 0.15) is 13.3 Å². The van der Waals surface area contributed by atoms with Gasteiger partial charge in [-0.3, -0.25) is 4.40 Å². The number of nitrogens with one attached hydrogen (secondary N) is 1. The molecule has 80 valence electrons. The molecule has 1 atom stereocenters. The molecule has 0 aliphatic rings. The molecule has 4 heteroatoms. The molecule has 2 heterocycles. The van der Waals surface area contributed by atoms with Gasteiger partial charge in [-0.25, -0.2) is 4.98 Å². The summed E-state index contributed by atoms with van der Waals surface area (Å²) < 4.78 is 1.96. The quantitative estimate of drug-likeness (QED) is 0.795. The Bertz CT molecular complexity index is 438. The first-order valence-corrected chi connectivity index (χ1v) is 5.15. The zero-order chi connectivity index (χ0) is 10.7. The monoisotopic (exact) mass is 205 g/mol. The number of imidazole rings is 1. The molecular formula is C11H15N3O. The number of fused-ring (bicyclic) bond motifs is 1. The molecular weight excluding hydrogens is 190 g/mol. The smallest absolute Gasteiger partial charge is 0.138 e. The molecule has 0 radical (unpaired) electrons. The molecule has 2 aromatic heterocycles. The van der Waals surface area contributed by atoms with Crippen molar-refractivity contribution in [2.75, 3.05) is 11.9 Å². The Hall–Kier alpha value is -1.55. The first kappa shape index (κ1) is 9.98. The van der Waals surface area contributed by atoms with Crippen LogP contribution in [-0.4, -0.2) is 27.1 Å². The van der Waals surface area contributed by atoms with E-state index in [2.05, 4.69) is 10.3 Å². The Morgan fingerprint density at radius 2 is 2.40 bits per heavy atom. The van der Waals surface area contributed by atoms with E-state index in [1.807, 2.05) is 35.7 Å². The van der Waals surface area contributed by atoms with E-state index in [4.69, 9.17) is 0 Å². The lowest BCUT2D eigenvalue weighted by molar-refractivity contribution is 0.183. The summed E-state index contributed by atoms with van der Waals surface area (Å²) in [5.41, 5.74) is 0.908. The van der Waals surface area contributed by atoms with E-state index in [0.29, 0.717) is 6.54 Å². The molecule has 2 rings (SSSR count). The summed E-state index contributed by atoms with van der Waals surface area (Å²) in [6.07, 6.45) is 4.11. The van der Waals surface area contributed by atoms with E-state index >= 15 is 0 Å². The van der Waals surface area contributed by atoms with Gasteiger partial charge in [0.25, 0.3) is 0 Å². The Balaban J connectivity index is 2.17. The lowest BCUT2D eigenvalue weighted by atomic mass is 10.3. The molecule has 15 heavy (non-hydrogen) atoms. The Morgan fingerprint density at radius 3 is 3.20 bits per heavy atom. The fourth-order valence-electron chi connectivity index (χ4n) is 1.46. The van der Waals surface area contributed by atoms with E-state index in [-0.39, 0.29) is 6.10 Å². The average molecular weight is 205 g/mol. The molecule has 2 aromatic rings. The maximum atomic E-state index is 9.45. The lowest BCUT2D eigenvalue weighted by Gasteiger charge is -2.11.